The van der Waals surface area contributed by atoms with Crippen LogP contribution in [0.2, 0.25) is 5.02 Å². The molecule has 1 fully saturated rings. The van der Waals surface area contributed by atoms with Crippen LogP contribution >= 0.6 is 22.9 Å². The Hall–Kier alpha value is -3.74. The fraction of sp³-hybridized carbons (Fsp3) is 0.333. The molecule has 0 bridgehead atoms. The van der Waals surface area contributed by atoms with Crippen LogP contribution in [0.5, 0.6) is 5.75 Å². The lowest BCUT2D eigenvalue weighted by Crippen LogP contribution is -2.43. The van der Waals surface area contributed by atoms with Crippen LogP contribution in [0.15, 0.2) is 59.5 Å². The quantitative estimate of drug-likeness (QED) is 0.176. The minimum absolute atomic E-state index is 0.00994. The van der Waals surface area contributed by atoms with Gasteiger partial charge in [-0.2, -0.15) is 0 Å². The summed E-state index contributed by atoms with van der Waals surface area (Å²) in [6.45, 7) is 1.99. The molecule has 0 spiro atoms. The first-order valence-corrected chi connectivity index (χ1v) is 17.6. The van der Waals surface area contributed by atoms with E-state index in [1.165, 1.54) is 7.11 Å². The van der Waals surface area contributed by atoms with Gasteiger partial charge in [0.25, 0.3) is 5.91 Å². The van der Waals surface area contributed by atoms with E-state index in [2.05, 4.69) is 5.32 Å². The van der Waals surface area contributed by atoms with E-state index in [4.69, 9.17) is 21.4 Å². The number of hydrogen-bond acceptors (Lipinski definition) is 6. The molecule has 2 amide bonds. The molecule has 13 heteroatoms. The van der Waals surface area contributed by atoms with E-state index >= 15 is 0 Å². The van der Waals surface area contributed by atoms with Crippen molar-refractivity contribution in [1.82, 2.24) is 10.2 Å². The Bertz CT molecular complexity index is 1870. The summed E-state index contributed by atoms with van der Waals surface area (Å²) in [4.78, 5) is 27.2. The standard InChI is InChI=1S/C33H33ClF2N2O6S2/c1-3-46(42,43)24-11-6-20(7-12-24)21-8-15-27(44-2)22(16-21)18-38(23-9-4-19(5-10-23)17-37-33(40)41)32(39)31-29(34)28-25(35)13-14-26(36)30(28)45-31/h6-8,11-16,19,23,37H,3-5,9-10,17-18H2,1-2H3,(H,40,41). The van der Waals surface area contributed by atoms with E-state index in [0.29, 0.717) is 43.5 Å². The molecule has 3 aromatic carbocycles. The molecule has 0 aliphatic heterocycles. The third kappa shape index (κ3) is 6.98. The molecule has 8 nitrogen and oxygen atoms in total. The molecular weight excluding hydrogens is 658 g/mol. The first-order valence-electron chi connectivity index (χ1n) is 14.8. The average molecular weight is 691 g/mol. The Balaban J connectivity index is 1.51. The molecule has 0 saturated heterocycles. The predicted octanol–water partition coefficient (Wildman–Crippen LogP) is 7.77. The van der Waals surface area contributed by atoms with Crippen LogP contribution in [0.3, 0.4) is 0 Å². The zero-order chi connectivity index (χ0) is 33.2. The number of sulfone groups is 1. The summed E-state index contributed by atoms with van der Waals surface area (Å²) in [7, 11) is -1.85. The molecule has 0 radical (unpaired) electrons. The molecule has 1 aromatic heterocycles. The van der Waals surface area contributed by atoms with Crippen LogP contribution < -0.4 is 10.1 Å². The second-order valence-corrected chi connectivity index (χ2v) is 14.9. The summed E-state index contributed by atoms with van der Waals surface area (Å²) in [6.07, 6.45) is 1.41. The zero-order valence-corrected chi connectivity index (χ0v) is 27.6. The van der Waals surface area contributed by atoms with E-state index in [-0.39, 0.29) is 49.1 Å². The van der Waals surface area contributed by atoms with E-state index in [1.54, 1.807) is 42.2 Å². The molecule has 4 aromatic rings. The summed E-state index contributed by atoms with van der Waals surface area (Å²) in [5.74, 6) is -1.25. The van der Waals surface area contributed by atoms with Crippen molar-refractivity contribution in [1.29, 1.82) is 0 Å². The van der Waals surface area contributed by atoms with Crippen molar-refractivity contribution in [3.8, 4) is 16.9 Å². The molecule has 5 rings (SSSR count). The summed E-state index contributed by atoms with van der Waals surface area (Å²) in [6, 6.07) is 13.8. The van der Waals surface area contributed by atoms with Crippen molar-refractivity contribution in [2.45, 2.75) is 50.1 Å². The topological polar surface area (TPSA) is 113 Å². The third-order valence-corrected chi connectivity index (χ3v) is 11.9. The highest BCUT2D eigenvalue weighted by Crippen LogP contribution is 2.41. The normalized spacial score (nSPS) is 16.7. The zero-order valence-electron chi connectivity index (χ0n) is 25.2. The number of carbonyl (C=O) groups excluding carboxylic acids is 1. The van der Waals surface area contributed by atoms with Gasteiger partial charge in [-0.3, -0.25) is 4.79 Å². The average Bonchev–Trinajstić information content (AvgIpc) is 3.42. The Labute approximate surface area is 274 Å². The van der Waals surface area contributed by atoms with Crippen molar-refractivity contribution >= 4 is 54.9 Å². The van der Waals surface area contributed by atoms with Gasteiger partial charge in [-0.25, -0.2) is 22.0 Å². The van der Waals surface area contributed by atoms with Crippen molar-refractivity contribution < 1.29 is 36.6 Å². The van der Waals surface area contributed by atoms with Crippen LogP contribution in [-0.4, -0.2) is 55.9 Å². The van der Waals surface area contributed by atoms with Crippen LogP contribution in [0.4, 0.5) is 13.6 Å². The maximum atomic E-state index is 14.7. The summed E-state index contributed by atoms with van der Waals surface area (Å²) < 4.78 is 59.6. The van der Waals surface area contributed by atoms with Crippen molar-refractivity contribution in [3.63, 3.8) is 0 Å². The lowest BCUT2D eigenvalue weighted by atomic mass is 9.85. The number of benzene rings is 3. The third-order valence-electron chi connectivity index (χ3n) is 8.48. The Kier molecular flexibility index (Phi) is 10.2. The highest BCUT2D eigenvalue weighted by atomic mass is 35.5. The number of methoxy groups -OCH3 is 1. The second-order valence-electron chi connectivity index (χ2n) is 11.2. The van der Waals surface area contributed by atoms with Gasteiger partial charge in [0.15, 0.2) is 9.84 Å². The molecule has 1 aliphatic rings. The van der Waals surface area contributed by atoms with Gasteiger partial charge < -0.3 is 20.1 Å². The number of rotatable bonds is 10. The molecule has 244 valence electrons. The van der Waals surface area contributed by atoms with Crippen molar-refractivity contribution in [2.75, 3.05) is 19.4 Å². The maximum absolute atomic E-state index is 14.7. The Morgan fingerprint density at radius 3 is 2.28 bits per heavy atom. The lowest BCUT2D eigenvalue weighted by molar-refractivity contribution is 0.0592. The van der Waals surface area contributed by atoms with Gasteiger partial charge in [0, 0.05) is 24.7 Å². The molecule has 0 atom stereocenters. The van der Waals surface area contributed by atoms with Crippen LogP contribution in [0.1, 0.15) is 47.8 Å². The molecular formula is C33H33ClF2N2O6S2. The number of fused-ring (bicyclic) bond motifs is 1. The van der Waals surface area contributed by atoms with Gasteiger partial charge in [-0.1, -0.05) is 36.7 Å². The molecule has 0 unspecified atom stereocenters. The van der Waals surface area contributed by atoms with E-state index in [1.807, 2.05) is 12.1 Å². The van der Waals surface area contributed by atoms with Crippen LogP contribution in [0.25, 0.3) is 21.2 Å². The summed E-state index contributed by atoms with van der Waals surface area (Å²) >= 11 is 7.36. The highest BCUT2D eigenvalue weighted by Gasteiger charge is 2.33. The molecule has 1 aliphatic carbocycles. The number of halogens is 3. The first-order chi connectivity index (χ1) is 21.9. The van der Waals surface area contributed by atoms with E-state index in [0.717, 1.165) is 34.6 Å². The highest BCUT2D eigenvalue weighted by molar-refractivity contribution is 7.91. The monoisotopic (exact) mass is 690 g/mol. The number of carboxylic acid groups (broad SMARTS) is 1. The van der Waals surface area contributed by atoms with E-state index < -0.39 is 33.5 Å². The second kappa shape index (κ2) is 13.9. The summed E-state index contributed by atoms with van der Waals surface area (Å²) in [5.41, 5.74) is 2.21. The van der Waals surface area contributed by atoms with Crippen molar-refractivity contribution in [3.05, 3.63) is 81.7 Å². The molecule has 2 N–H and O–H groups in total. The van der Waals surface area contributed by atoms with Gasteiger partial charge >= 0.3 is 6.09 Å². The molecule has 1 heterocycles. The number of thiophene rings is 1. The fourth-order valence-electron chi connectivity index (χ4n) is 5.91. The SMILES string of the molecule is CCS(=O)(=O)c1ccc(-c2ccc(OC)c(CN(C(=O)c3sc4c(F)ccc(F)c4c3Cl)C3CCC(CNC(=O)O)CC3)c2)cc1. The largest absolute Gasteiger partial charge is 0.496 e. The Morgan fingerprint density at radius 1 is 1.02 bits per heavy atom. The van der Waals surface area contributed by atoms with Gasteiger partial charge in [-0.15, -0.1) is 11.3 Å². The number of carbonyl (C=O) groups is 2. The summed E-state index contributed by atoms with van der Waals surface area (Å²) in [5, 5.41) is 11.2. The number of nitrogens with one attached hydrogen (secondary N) is 1. The Morgan fingerprint density at radius 2 is 1.67 bits per heavy atom. The smallest absolute Gasteiger partial charge is 0.404 e. The number of amides is 2. The van der Waals surface area contributed by atoms with Gasteiger partial charge in [0.05, 0.1) is 32.9 Å². The molecule has 1 saturated carbocycles. The predicted molar refractivity (Wildman–Crippen MR) is 175 cm³/mol. The van der Waals surface area contributed by atoms with Crippen LogP contribution in [0, 0.1) is 17.6 Å². The number of nitrogens with zero attached hydrogens (tertiary/aromatic N) is 1. The maximum Gasteiger partial charge on any atom is 0.404 e. The van der Waals surface area contributed by atoms with Gasteiger partial charge in [0.1, 0.15) is 22.3 Å². The van der Waals surface area contributed by atoms with Gasteiger partial charge in [0.2, 0.25) is 0 Å². The lowest BCUT2D eigenvalue weighted by Gasteiger charge is -2.37. The molecule has 46 heavy (non-hydrogen) atoms. The number of ether oxygens (including phenoxy) is 1. The fourth-order valence-corrected chi connectivity index (χ4v) is 8.30. The van der Waals surface area contributed by atoms with Crippen LogP contribution in [-0.2, 0) is 16.4 Å². The number of hydrogen-bond donors (Lipinski definition) is 2. The van der Waals surface area contributed by atoms with Gasteiger partial charge in [-0.05, 0) is 79.1 Å². The minimum atomic E-state index is -3.36. The first kappa shape index (κ1) is 33.6. The minimum Gasteiger partial charge on any atom is -0.496 e. The van der Waals surface area contributed by atoms with E-state index in [9.17, 15) is 26.8 Å². The van der Waals surface area contributed by atoms with Crippen molar-refractivity contribution in [2.24, 2.45) is 5.92 Å².